The summed E-state index contributed by atoms with van der Waals surface area (Å²) in [6, 6.07) is 7.90. The van der Waals surface area contributed by atoms with Crippen molar-refractivity contribution in [3.05, 3.63) is 76.1 Å². The summed E-state index contributed by atoms with van der Waals surface area (Å²) in [5.74, 6) is -1.20. The highest BCUT2D eigenvalue weighted by atomic mass is 19.1. The molecule has 0 saturated carbocycles. The molecule has 226 valence electrons. The summed E-state index contributed by atoms with van der Waals surface area (Å²) < 4.78 is 21.1. The van der Waals surface area contributed by atoms with Crippen molar-refractivity contribution in [1.29, 1.82) is 0 Å². The highest BCUT2D eigenvalue weighted by Gasteiger charge is 2.24. The highest BCUT2D eigenvalue weighted by molar-refractivity contribution is 5.95. The lowest BCUT2D eigenvalue weighted by Gasteiger charge is -2.19. The van der Waals surface area contributed by atoms with Gasteiger partial charge in [0.15, 0.2) is 6.10 Å². The number of fused-ring (bicyclic) bond motifs is 1. The Kier molecular flexibility index (Phi) is 10.3. The van der Waals surface area contributed by atoms with Gasteiger partial charge in [-0.15, -0.1) is 0 Å². The number of hydrogen-bond donors (Lipinski definition) is 2. The second-order valence-corrected chi connectivity index (χ2v) is 11.9. The predicted molar refractivity (Wildman–Crippen MR) is 161 cm³/mol. The zero-order valence-electron chi connectivity index (χ0n) is 25.3. The molecule has 0 aliphatic carbocycles. The molecular formula is C31H40FN5O5. The second-order valence-electron chi connectivity index (χ2n) is 11.9. The number of anilines is 1. The van der Waals surface area contributed by atoms with Gasteiger partial charge in [-0.2, -0.15) is 0 Å². The number of pyridine rings is 1. The van der Waals surface area contributed by atoms with Crippen LogP contribution in [-0.4, -0.2) is 71.6 Å². The van der Waals surface area contributed by atoms with E-state index in [9.17, 15) is 23.6 Å². The van der Waals surface area contributed by atoms with Crippen LogP contribution < -0.4 is 10.9 Å². The Morgan fingerprint density at radius 2 is 1.83 bits per heavy atom. The van der Waals surface area contributed by atoms with Gasteiger partial charge < -0.3 is 29.4 Å². The summed E-state index contributed by atoms with van der Waals surface area (Å²) in [6.45, 7) is 6.42. The van der Waals surface area contributed by atoms with Crippen LogP contribution in [0.3, 0.4) is 0 Å². The van der Waals surface area contributed by atoms with Crippen LogP contribution in [0.2, 0.25) is 0 Å². The van der Waals surface area contributed by atoms with Crippen LogP contribution in [0.5, 0.6) is 0 Å². The molecule has 2 N–H and O–H groups in total. The van der Waals surface area contributed by atoms with Gasteiger partial charge in [0, 0.05) is 51.0 Å². The minimum Gasteiger partial charge on any atom is -0.436 e. The minimum atomic E-state index is -1.20. The maximum absolute atomic E-state index is 14.3. The number of likely N-dealkylation sites (N-methyl/N-ethyl adjacent to an activating group) is 1. The van der Waals surface area contributed by atoms with E-state index in [-0.39, 0.29) is 42.2 Å². The summed E-state index contributed by atoms with van der Waals surface area (Å²) in [7, 11) is 6.23. The zero-order chi connectivity index (χ0) is 31.2. The number of aromatic nitrogens is 2. The van der Waals surface area contributed by atoms with Crippen LogP contribution in [0.1, 0.15) is 44.9 Å². The van der Waals surface area contributed by atoms with Gasteiger partial charge in [-0.3, -0.25) is 14.4 Å². The van der Waals surface area contributed by atoms with E-state index in [4.69, 9.17) is 4.74 Å². The van der Waals surface area contributed by atoms with Crippen LogP contribution in [0.4, 0.5) is 14.9 Å². The SMILES string of the molecule is CN(C)C(=O)/C=C/CC[C@H](OC(=O)N(C)C)C(=O)Nc1cccn(Cc2cc3cc(F)cc(CC(C)(C)C)c3[nH]2)c1=O. The summed E-state index contributed by atoms with van der Waals surface area (Å²) in [4.78, 5) is 56.4. The Morgan fingerprint density at radius 1 is 1.12 bits per heavy atom. The first-order valence-electron chi connectivity index (χ1n) is 13.7. The van der Waals surface area contributed by atoms with Crippen LogP contribution >= 0.6 is 0 Å². The first kappa shape index (κ1) is 32.1. The van der Waals surface area contributed by atoms with Gasteiger partial charge >= 0.3 is 6.09 Å². The third-order valence-corrected chi connectivity index (χ3v) is 6.37. The molecule has 3 amide bonds. The van der Waals surface area contributed by atoms with E-state index in [1.807, 2.05) is 6.07 Å². The lowest BCUT2D eigenvalue weighted by atomic mass is 9.87. The lowest BCUT2D eigenvalue weighted by molar-refractivity contribution is -0.125. The van der Waals surface area contributed by atoms with E-state index < -0.39 is 23.7 Å². The van der Waals surface area contributed by atoms with Crippen molar-refractivity contribution in [3.8, 4) is 0 Å². The van der Waals surface area contributed by atoms with Crippen molar-refractivity contribution in [2.24, 2.45) is 5.41 Å². The van der Waals surface area contributed by atoms with Gasteiger partial charge in [0.2, 0.25) is 5.91 Å². The van der Waals surface area contributed by atoms with Gasteiger partial charge in [0.1, 0.15) is 11.5 Å². The molecule has 3 aromatic rings. The van der Waals surface area contributed by atoms with Crippen molar-refractivity contribution >= 4 is 34.5 Å². The van der Waals surface area contributed by atoms with Crippen LogP contribution in [0.15, 0.2) is 53.5 Å². The largest absolute Gasteiger partial charge is 0.436 e. The lowest BCUT2D eigenvalue weighted by Crippen LogP contribution is -2.37. The number of hydrogen-bond acceptors (Lipinski definition) is 5. The topological polar surface area (TPSA) is 117 Å². The van der Waals surface area contributed by atoms with Crippen molar-refractivity contribution in [3.63, 3.8) is 0 Å². The molecule has 1 atom stereocenters. The molecule has 1 aromatic carbocycles. The second kappa shape index (κ2) is 13.5. The smallest absolute Gasteiger partial charge is 0.410 e. The Morgan fingerprint density at radius 3 is 2.48 bits per heavy atom. The zero-order valence-corrected chi connectivity index (χ0v) is 25.3. The molecule has 0 saturated heterocycles. The fourth-order valence-electron chi connectivity index (χ4n) is 4.34. The van der Waals surface area contributed by atoms with E-state index in [1.54, 1.807) is 32.4 Å². The Balaban J connectivity index is 1.80. The number of benzene rings is 1. The van der Waals surface area contributed by atoms with Gasteiger partial charge in [0.05, 0.1) is 6.54 Å². The molecule has 0 radical (unpaired) electrons. The van der Waals surface area contributed by atoms with E-state index in [2.05, 4.69) is 31.1 Å². The third-order valence-electron chi connectivity index (χ3n) is 6.37. The van der Waals surface area contributed by atoms with Crippen LogP contribution in [-0.2, 0) is 27.3 Å². The van der Waals surface area contributed by atoms with Gasteiger partial charge in [-0.25, -0.2) is 9.18 Å². The van der Waals surface area contributed by atoms with E-state index in [0.29, 0.717) is 17.5 Å². The molecule has 0 aliphatic heterocycles. The molecule has 3 rings (SSSR count). The average molecular weight is 582 g/mol. The average Bonchev–Trinajstić information content (AvgIpc) is 3.29. The molecule has 42 heavy (non-hydrogen) atoms. The number of nitrogens with one attached hydrogen (secondary N) is 2. The number of allylic oxidation sites excluding steroid dienone is 1. The maximum Gasteiger partial charge on any atom is 0.410 e. The quantitative estimate of drug-likeness (QED) is 0.341. The summed E-state index contributed by atoms with van der Waals surface area (Å²) in [5.41, 5.74) is 1.89. The van der Waals surface area contributed by atoms with Crippen molar-refractivity contribution < 1.29 is 23.5 Å². The summed E-state index contributed by atoms with van der Waals surface area (Å²) >= 11 is 0. The molecule has 0 fully saturated rings. The summed E-state index contributed by atoms with van der Waals surface area (Å²) in [5, 5.41) is 3.31. The van der Waals surface area contributed by atoms with E-state index in [0.717, 1.165) is 11.1 Å². The molecule has 2 heterocycles. The fourth-order valence-corrected chi connectivity index (χ4v) is 4.34. The van der Waals surface area contributed by atoms with E-state index >= 15 is 0 Å². The molecule has 0 bridgehead atoms. The molecular weight excluding hydrogens is 541 g/mol. The highest BCUT2D eigenvalue weighted by Crippen LogP contribution is 2.28. The Hall–Kier alpha value is -4.41. The van der Waals surface area contributed by atoms with Crippen molar-refractivity contribution in [2.45, 2.75) is 52.7 Å². The van der Waals surface area contributed by atoms with Crippen molar-refractivity contribution in [1.82, 2.24) is 19.4 Å². The van der Waals surface area contributed by atoms with Gasteiger partial charge in [-0.1, -0.05) is 26.8 Å². The number of halogens is 1. The van der Waals surface area contributed by atoms with Gasteiger partial charge in [0.25, 0.3) is 11.5 Å². The monoisotopic (exact) mass is 581 g/mol. The number of ether oxygens (including phenoxy) is 1. The fraction of sp³-hybridized carbons (Fsp3) is 0.419. The number of rotatable bonds is 10. The number of carbonyl (C=O) groups is 3. The number of nitrogens with zero attached hydrogens (tertiary/aromatic N) is 3. The first-order valence-corrected chi connectivity index (χ1v) is 13.7. The van der Waals surface area contributed by atoms with Crippen LogP contribution in [0, 0.1) is 11.2 Å². The standard InChI is InChI=1S/C31H40FN5O5/c1-31(2,3)18-21-16-22(32)15-20-17-23(33-27(20)21)19-37-14-10-11-24(29(37)40)34-28(39)25(42-30(41)36(6)7)12-8-9-13-26(38)35(4)5/h9-11,13-17,25,33H,8,12,18-19H2,1-7H3,(H,34,39)/b13-9+/t25-/m0/s1. The number of carbonyl (C=O) groups excluding carboxylic acids is 3. The molecule has 2 aromatic heterocycles. The van der Waals surface area contributed by atoms with Crippen LogP contribution in [0.25, 0.3) is 10.9 Å². The predicted octanol–water partition coefficient (Wildman–Crippen LogP) is 4.54. The first-order chi connectivity index (χ1) is 19.6. The molecule has 11 heteroatoms. The third kappa shape index (κ3) is 8.79. The minimum absolute atomic E-state index is 0.0160. The number of H-pyrrole nitrogens is 1. The Labute approximate surface area is 245 Å². The van der Waals surface area contributed by atoms with Crippen molar-refractivity contribution in [2.75, 3.05) is 33.5 Å². The summed E-state index contributed by atoms with van der Waals surface area (Å²) in [6.07, 6.45) is 3.72. The molecule has 0 aliphatic rings. The molecule has 10 nitrogen and oxygen atoms in total. The maximum atomic E-state index is 14.3. The Bertz CT molecular complexity index is 1530. The molecule has 0 spiro atoms. The van der Waals surface area contributed by atoms with Gasteiger partial charge in [-0.05, 0) is 66.6 Å². The molecule has 0 unspecified atom stereocenters. The van der Waals surface area contributed by atoms with E-state index in [1.165, 1.54) is 52.7 Å². The number of aromatic amines is 1. The number of amides is 3. The normalized spacial score (nSPS) is 12.4.